The van der Waals surface area contributed by atoms with Gasteiger partial charge in [0.2, 0.25) is 0 Å². The van der Waals surface area contributed by atoms with Gasteiger partial charge in [-0.3, -0.25) is 14.8 Å². The van der Waals surface area contributed by atoms with Gasteiger partial charge >= 0.3 is 0 Å². The third-order valence-electron chi connectivity index (χ3n) is 3.81. The highest BCUT2D eigenvalue weighted by Gasteiger charge is 2.32. The van der Waals surface area contributed by atoms with Crippen LogP contribution < -0.4 is 5.32 Å². The fourth-order valence-electron chi connectivity index (χ4n) is 3.15. The average molecular weight is 266 g/mol. The lowest BCUT2D eigenvalue weighted by molar-refractivity contribution is 0.0876. The molecule has 1 fully saturated rings. The molecule has 110 valence electrons. The normalized spacial score (nSPS) is 26.0. The van der Waals surface area contributed by atoms with E-state index in [0.717, 1.165) is 31.5 Å². The zero-order valence-corrected chi connectivity index (χ0v) is 13.0. The number of amidine groups is 1. The zero-order chi connectivity index (χ0) is 13.8. The minimum Gasteiger partial charge on any atom is -0.371 e. The Morgan fingerprint density at radius 2 is 1.89 bits per heavy atom. The monoisotopic (exact) mass is 266 g/mol. The first-order valence-corrected chi connectivity index (χ1v) is 7.81. The number of aliphatic imine (C=N–C) groups is 1. The Morgan fingerprint density at radius 1 is 1.16 bits per heavy atom. The van der Waals surface area contributed by atoms with Gasteiger partial charge in [0.15, 0.2) is 0 Å². The lowest BCUT2D eigenvalue weighted by Crippen LogP contribution is -2.59. The summed E-state index contributed by atoms with van der Waals surface area (Å²) in [6.45, 7) is 17.1. The number of hydrogen-bond donors (Lipinski definition) is 1. The molecule has 1 N–H and O–H groups in total. The zero-order valence-electron chi connectivity index (χ0n) is 13.0. The van der Waals surface area contributed by atoms with Gasteiger partial charge in [-0.25, -0.2) is 0 Å². The van der Waals surface area contributed by atoms with Crippen LogP contribution in [0.5, 0.6) is 0 Å². The first-order chi connectivity index (χ1) is 9.06. The van der Waals surface area contributed by atoms with E-state index in [2.05, 4.69) is 47.8 Å². The van der Waals surface area contributed by atoms with Crippen LogP contribution in [0.25, 0.3) is 0 Å². The van der Waals surface area contributed by atoms with Gasteiger partial charge in [-0.15, -0.1) is 0 Å². The Balaban J connectivity index is 2.00. The summed E-state index contributed by atoms with van der Waals surface area (Å²) in [4.78, 5) is 9.90. The summed E-state index contributed by atoms with van der Waals surface area (Å²) < 4.78 is 0. The number of rotatable bonds is 5. The molecule has 2 heterocycles. The van der Waals surface area contributed by atoms with Crippen LogP contribution in [-0.4, -0.2) is 67.5 Å². The molecule has 0 aliphatic carbocycles. The molecule has 1 unspecified atom stereocenters. The predicted molar refractivity (Wildman–Crippen MR) is 81.8 cm³/mol. The highest BCUT2D eigenvalue weighted by molar-refractivity contribution is 5.89. The topological polar surface area (TPSA) is 30.9 Å². The fraction of sp³-hybridized carbons (Fsp3) is 0.933. The Kier molecular flexibility index (Phi) is 5.22. The third kappa shape index (κ3) is 4.18. The molecule has 1 atom stereocenters. The van der Waals surface area contributed by atoms with Crippen LogP contribution in [0.15, 0.2) is 4.99 Å². The van der Waals surface area contributed by atoms with Crippen molar-refractivity contribution in [2.75, 3.05) is 45.8 Å². The maximum Gasteiger partial charge on any atom is 0.115 e. The second-order valence-electron chi connectivity index (χ2n) is 6.75. The van der Waals surface area contributed by atoms with Crippen LogP contribution in [0.2, 0.25) is 0 Å². The van der Waals surface area contributed by atoms with Crippen molar-refractivity contribution in [2.24, 2.45) is 16.8 Å². The average Bonchev–Trinajstić information content (AvgIpc) is 2.83. The van der Waals surface area contributed by atoms with E-state index in [-0.39, 0.29) is 0 Å². The summed E-state index contributed by atoms with van der Waals surface area (Å²) in [6.07, 6.45) is 0. The van der Waals surface area contributed by atoms with Crippen molar-refractivity contribution >= 4 is 5.84 Å². The predicted octanol–water partition coefficient (Wildman–Crippen LogP) is 1.29. The van der Waals surface area contributed by atoms with E-state index in [1.807, 2.05) is 0 Å². The summed E-state index contributed by atoms with van der Waals surface area (Å²) in [5.74, 6) is 2.70. The van der Waals surface area contributed by atoms with Crippen molar-refractivity contribution in [2.45, 2.75) is 33.7 Å². The van der Waals surface area contributed by atoms with E-state index < -0.39 is 0 Å². The number of nitrogens with one attached hydrogen (secondary N) is 1. The molecule has 0 radical (unpaired) electrons. The maximum absolute atomic E-state index is 4.67. The van der Waals surface area contributed by atoms with Crippen molar-refractivity contribution in [3.05, 3.63) is 0 Å². The van der Waals surface area contributed by atoms with Gasteiger partial charge in [-0.05, 0) is 11.8 Å². The largest absolute Gasteiger partial charge is 0.371 e. The first-order valence-electron chi connectivity index (χ1n) is 7.81. The van der Waals surface area contributed by atoms with Crippen molar-refractivity contribution in [3.8, 4) is 0 Å². The Morgan fingerprint density at radius 3 is 2.47 bits per heavy atom. The van der Waals surface area contributed by atoms with Gasteiger partial charge in [-0.1, -0.05) is 27.7 Å². The van der Waals surface area contributed by atoms with Gasteiger partial charge in [0.25, 0.3) is 0 Å². The van der Waals surface area contributed by atoms with Gasteiger partial charge < -0.3 is 5.32 Å². The number of hydrogen-bond acceptors (Lipinski definition) is 4. The van der Waals surface area contributed by atoms with Crippen LogP contribution in [0, 0.1) is 11.8 Å². The Hall–Kier alpha value is -0.610. The van der Waals surface area contributed by atoms with Crippen molar-refractivity contribution < 1.29 is 0 Å². The van der Waals surface area contributed by atoms with E-state index in [1.165, 1.54) is 32.0 Å². The molecule has 2 aliphatic heterocycles. The molecule has 0 aromatic rings. The Bertz CT molecular complexity index is 311. The smallest absolute Gasteiger partial charge is 0.115 e. The van der Waals surface area contributed by atoms with Gasteiger partial charge in [0, 0.05) is 39.3 Å². The molecule has 0 bridgehead atoms. The molecule has 0 saturated carbocycles. The lowest BCUT2D eigenvalue weighted by atomic mass is 10.1. The first kappa shape index (κ1) is 14.8. The molecule has 0 amide bonds. The maximum atomic E-state index is 4.67. The second kappa shape index (κ2) is 6.71. The molecule has 2 aliphatic rings. The minimum atomic E-state index is 0.484. The molecule has 0 aromatic carbocycles. The summed E-state index contributed by atoms with van der Waals surface area (Å²) >= 11 is 0. The van der Waals surface area contributed by atoms with E-state index >= 15 is 0 Å². The van der Waals surface area contributed by atoms with Gasteiger partial charge in [0.05, 0.1) is 12.6 Å². The van der Waals surface area contributed by atoms with Crippen molar-refractivity contribution in [3.63, 3.8) is 0 Å². The molecule has 4 nitrogen and oxygen atoms in total. The summed E-state index contributed by atoms with van der Waals surface area (Å²) in [5, 5.41) is 3.49. The molecule has 2 rings (SSSR count). The minimum absolute atomic E-state index is 0.484. The number of piperazine rings is 1. The molecular formula is C15H30N4. The van der Waals surface area contributed by atoms with Crippen molar-refractivity contribution in [1.29, 1.82) is 0 Å². The van der Waals surface area contributed by atoms with Crippen LogP contribution in [0.1, 0.15) is 27.7 Å². The molecule has 1 saturated heterocycles. The summed E-state index contributed by atoms with van der Waals surface area (Å²) in [7, 11) is 0. The summed E-state index contributed by atoms with van der Waals surface area (Å²) in [5.41, 5.74) is 0. The van der Waals surface area contributed by atoms with Crippen molar-refractivity contribution in [1.82, 2.24) is 15.1 Å². The molecule has 4 heteroatoms. The fourth-order valence-corrected chi connectivity index (χ4v) is 3.15. The standard InChI is InChI=1S/C15H30N4/c1-12(2)9-18-7-8-19(10-13(3)4)14(11-18)15-16-5-6-17-15/h12-14H,5-11H2,1-4H3,(H,16,17). The highest BCUT2D eigenvalue weighted by atomic mass is 15.3. The summed E-state index contributed by atoms with van der Waals surface area (Å²) in [6, 6.07) is 0.484. The van der Waals surface area contributed by atoms with Crippen LogP contribution in [0.3, 0.4) is 0 Å². The van der Waals surface area contributed by atoms with E-state index in [9.17, 15) is 0 Å². The molecule has 0 spiro atoms. The van der Waals surface area contributed by atoms with Gasteiger partial charge in [-0.2, -0.15) is 0 Å². The van der Waals surface area contributed by atoms with E-state index in [4.69, 9.17) is 0 Å². The third-order valence-corrected chi connectivity index (χ3v) is 3.81. The van der Waals surface area contributed by atoms with E-state index in [0.29, 0.717) is 6.04 Å². The van der Waals surface area contributed by atoms with Gasteiger partial charge in [0.1, 0.15) is 5.84 Å². The molecular weight excluding hydrogens is 236 g/mol. The quantitative estimate of drug-likeness (QED) is 0.813. The SMILES string of the molecule is CC(C)CN1CCN(CC(C)C)C(C2=NCCN2)C1. The highest BCUT2D eigenvalue weighted by Crippen LogP contribution is 2.15. The number of nitrogens with zero attached hydrogens (tertiary/aromatic N) is 3. The van der Waals surface area contributed by atoms with Crippen LogP contribution in [-0.2, 0) is 0 Å². The second-order valence-corrected chi connectivity index (χ2v) is 6.75. The van der Waals surface area contributed by atoms with Crippen LogP contribution >= 0.6 is 0 Å². The Labute approximate surface area is 118 Å². The van der Waals surface area contributed by atoms with E-state index in [1.54, 1.807) is 0 Å². The lowest BCUT2D eigenvalue weighted by Gasteiger charge is -2.42. The molecule has 19 heavy (non-hydrogen) atoms. The van der Waals surface area contributed by atoms with Crippen LogP contribution in [0.4, 0.5) is 0 Å². The molecule has 0 aromatic heterocycles.